The molecule has 0 radical (unpaired) electrons. The van der Waals surface area contributed by atoms with Crippen molar-refractivity contribution in [2.75, 3.05) is 6.54 Å². The van der Waals surface area contributed by atoms with Crippen molar-refractivity contribution in [3.05, 3.63) is 71.8 Å². The minimum absolute atomic E-state index is 0.105. The third kappa shape index (κ3) is 2.78. The fraction of sp³-hybridized carbons (Fsp3) is 0.350. The molecule has 0 bridgehead atoms. The lowest BCUT2D eigenvalue weighted by Crippen LogP contribution is -2.31. The first-order chi connectivity index (χ1) is 10.7. The van der Waals surface area contributed by atoms with E-state index in [9.17, 15) is 4.79 Å². The van der Waals surface area contributed by atoms with Crippen LogP contribution in [0.15, 0.2) is 60.7 Å². The van der Waals surface area contributed by atoms with Crippen molar-refractivity contribution in [1.82, 2.24) is 4.90 Å². The van der Waals surface area contributed by atoms with Gasteiger partial charge in [0, 0.05) is 12.5 Å². The van der Waals surface area contributed by atoms with Crippen LogP contribution in [0.2, 0.25) is 0 Å². The van der Waals surface area contributed by atoms with Crippen LogP contribution >= 0.6 is 0 Å². The average Bonchev–Trinajstić information content (AvgIpc) is 2.96. The molecule has 3 rings (SSSR count). The second kappa shape index (κ2) is 6.35. The topological polar surface area (TPSA) is 20.3 Å². The highest BCUT2D eigenvalue weighted by atomic mass is 16.2. The van der Waals surface area contributed by atoms with Gasteiger partial charge in [-0.05, 0) is 30.4 Å². The van der Waals surface area contributed by atoms with Crippen LogP contribution in [0.4, 0.5) is 0 Å². The van der Waals surface area contributed by atoms with Crippen molar-refractivity contribution in [1.29, 1.82) is 0 Å². The predicted octanol–water partition coefficient (Wildman–Crippen LogP) is 4.40. The Morgan fingerprint density at radius 2 is 1.45 bits per heavy atom. The van der Waals surface area contributed by atoms with Crippen molar-refractivity contribution >= 4 is 5.91 Å². The second-order valence-corrected chi connectivity index (χ2v) is 6.21. The summed E-state index contributed by atoms with van der Waals surface area (Å²) in [5.74, 6) is 0.683. The van der Waals surface area contributed by atoms with Crippen LogP contribution in [0.3, 0.4) is 0 Å². The van der Waals surface area contributed by atoms with Crippen LogP contribution < -0.4 is 0 Å². The van der Waals surface area contributed by atoms with E-state index in [1.165, 1.54) is 11.1 Å². The normalized spacial score (nSPS) is 20.9. The summed E-state index contributed by atoms with van der Waals surface area (Å²) in [6.45, 7) is 5.16. The van der Waals surface area contributed by atoms with Crippen LogP contribution in [0, 0.1) is 5.92 Å². The zero-order chi connectivity index (χ0) is 15.5. The van der Waals surface area contributed by atoms with E-state index < -0.39 is 0 Å². The molecular weight excluding hydrogens is 270 g/mol. The maximum Gasteiger partial charge on any atom is 0.226 e. The fourth-order valence-corrected chi connectivity index (χ4v) is 3.47. The Kier molecular flexibility index (Phi) is 4.28. The summed E-state index contributed by atoms with van der Waals surface area (Å²) >= 11 is 0. The van der Waals surface area contributed by atoms with Gasteiger partial charge in [-0.2, -0.15) is 0 Å². The van der Waals surface area contributed by atoms with Crippen LogP contribution in [0.25, 0.3) is 0 Å². The number of hydrogen-bond acceptors (Lipinski definition) is 1. The van der Waals surface area contributed by atoms with E-state index in [4.69, 9.17) is 0 Å². The smallest absolute Gasteiger partial charge is 0.226 e. The summed E-state index contributed by atoms with van der Waals surface area (Å²) in [4.78, 5) is 14.9. The molecule has 2 aromatic carbocycles. The van der Waals surface area contributed by atoms with Gasteiger partial charge in [0.05, 0.1) is 6.04 Å². The van der Waals surface area contributed by atoms with Gasteiger partial charge in [0.1, 0.15) is 0 Å². The monoisotopic (exact) mass is 293 g/mol. The van der Waals surface area contributed by atoms with Gasteiger partial charge < -0.3 is 4.90 Å². The number of benzene rings is 2. The number of likely N-dealkylation sites (tertiary alicyclic amines) is 1. The molecule has 0 spiro atoms. The summed E-state index contributed by atoms with van der Waals surface area (Å²) in [6.07, 6.45) is 0.950. The standard InChI is InChI=1S/C20H23NO/c1-15(17-9-5-3-6-10-17)19-13-14-21(20(19)22)16(2)18-11-7-4-8-12-18/h3-12,15-16,19H,13-14H2,1-2H3/t15-,16-,19?/m0/s1. The molecule has 1 heterocycles. The fourth-order valence-electron chi connectivity index (χ4n) is 3.47. The van der Waals surface area contributed by atoms with Crippen molar-refractivity contribution in [2.24, 2.45) is 5.92 Å². The molecule has 2 heteroatoms. The molecule has 1 aliphatic heterocycles. The third-order valence-electron chi connectivity index (χ3n) is 4.96. The van der Waals surface area contributed by atoms with Gasteiger partial charge in [-0.3, -0.25) is 4.79 Å². The van der Waals surface area contributed by atoms with E-state index in [1.807, 2.05) is 29.2 Å². The van der Waals surface area contributed by atoms with Gasteiger partial charge in [-0.15, -0.1) is 0 Å². The van der Waals surface area contributed by atoms with Gasteiger partial charge in [0.25, 0.3) is 0 Å². The Labute approximate surface area is 132 Å². The highest BCUT2D eigenvalue weighted by Crippen LogP contribution is 2.36. The Morgan fingerprint density at radius 1 is 0.909 bits per heavy atom. The zero-order valence-corrected chi connectivity index (χ0v) is 13.3. The van der Waals surface area contributed by atoms with Gasteiger partial charge in [-0.25, -0.2) is 0 Å². The lowest BCUT2D eigenvalue weighted by atomic mass is 9.86. The first kappa shape index (κ1) is 14.8. The molecule has 1 amide bonds. The summed E-state index contributed by atoms with van der Waals surface area (Å²) in [6, 6.07) is 20.8. The van der Waals surface area contributed by atoms with E-state index in [2.05, 4.69) is 50.2 Å². The van der Waals surface area contributed by atoms with Crippen molar-refractivity contribution in [3.63, 3.8) is 0 Å². The van der Waals surface area contributed by atoms with Crippen molar-refractivity contribution in [3.8, 4) is 0 Å². The number of rotatable bonds is 4. The Bertz CT molecular complexity index is 567. The first-order valence-corrected chi connectivity index (χ1v) is 8.09. The summed E-state index contributed by atoms with van der Waals surface area (Å²) in [7, 11) is 0. The highest BCUT2D eigenvalue weighted by molar-refractivity contribution is 5.82. The van der Waals surface area contributed by atoms with Gasteiger partial charge in [0.2, 0.25) is 5.91 Å². The van der Waals surface area contributed by atoms with Crippen molar-refractivity contribution < 1.29 is 4.79 Å². The molecule has 0 N–H and O–H groups in total. The highest BCUT2D eigenvalue weighted by Gasteiger charge is 2.38. The molecule has 0 saturated carbocycles. The minimum Gasteiger partial charge on any atom is -0.336 e. The summed E-state index contributed by atoms with van der Waals surface area (Å²) in [5, 5.41) is 0. The molecule has 2 aromatic rings. The van der Waals surface area contributed by atoms with Crippen molar-refractivity contribution in [2.45, 2.75) is 32.2 Å². The first-order valence-electron chi connectivity index (χ1n) is 8.09. The SMILES string of the molecule is C[C@@H](c1ccccc1)C1CCN([C@@H](C)c2ccccc2)C1=O. The van der Waals surface area contributed by atoms with Crippen LogP contribution in [0.1, 0.15) is 43.4 Å². The van der Waals surface area contributed by atoms with Gasteiger partial charge in [0.15, 0.2) is 0 Å². The Balaban J connectivity index is 1.75. The van der Waals surface area contributed by atoms with E-state index in [1.54, 1.807) is 0 Å². The van der Waals surface area contributed by atoms with Crippen LogP contribution in [-0.2, 0) is 4.79 Å². The Hall–Kier alpha value is -2.09. The van der Waals surface area contributed by atoms with E-state index in [0.29, 0.717) is 5.91 Å². The summed E-state index contributed by atoms with van der Waals surface area (Å²) < 4.78 is 0. The number of carbonyl (C=O) groups excluding carboxylic acids is 1. The quantitative estimate of drug-likeness (QED) is 0.818. The molecule has 2 nitrogen and oxygen atoms in total. The molecule has 1 aliphatic rings. The number of carbonyl (C=O) groups is 1. The molecule has 1 saturated heterocycles. The lowest BCUT2D eigenvalue weighted by molar-refractivity contribution is -0.133. The molecular formula is C20H23NO. The van der Waals surface area contributed by atoms with E-state index in [0.717, 1.165) is 13.0 Å². The molecule has 114 valence electrons. The average molecular weight is 293 g/mol. The predicted molar refractivity (Wildman–Crippen MR) is 89.5 cm³/mol. The minimum atomic E-state index is 0.105. The number of amides is 1. The van der Waals surface area contributed by atoms with E-state index >= 15 is 0 Å². The molecule has 1 fully saturated rings. The van der Waals surface area contributed by atoms with Crippen LogP contribution in [0.5, 0.6) is 0 Å². The molecule has 0 aliphatic carbocycles. The summed E-state index contributed by atoms with van der Waals surface area (Å²) in [5.41, 5.74) is 2.47. The zero-order valence-electron chi connectivity index (χ0n) is 13.3. The molecule has 1 unspecified atom stereocenters. The Morgan fingerprint density at radius 3 is 2.05 bits per heavy atom. The largest absolute Gasteiger partial charge is 0.336 e. The maximum atomic E-state index is 12.9. The maximum absolute atomic E-state index is 12.9. The van der Waals surface area contributed by atoms with Gasteiger partial charge >= 0.3 is 0 Å². The lowest BCUT2D eigenvalue weighted by Gasteiger charge is -2.26. The van der Waals surface area contributed by atoms with Crippen LogP contribution in [-0.4, -0.2) is 17.4 Å². The molecule has 3 atom stereocenters. The van der Waals surface area contributed by atoms with Gasteiger partial charge in [-0.1, -0.05) is 67.6 Å². The van der Waals surface area contributed by atoms with E-state index in [-0.39, 0.29) is 17.9 Å². The molecule has 0 aromatic heterocycles. The molecule has 22 heavy (non-hydrogen) atoms. The number of hydrogen-bond donors (Lipinski definition) is 0. The third-order valence-corrected chi connectivity index (χ3v) is 4.96. The number of nitrogens with zero attached hydrogens (tertiary/aromatic N) is 1. The second-order valence-electron chi connectivity index (χ2n) is 6.21.